The van der Waals surface area contributed by atoms with Gasteiger partial charge >= 0.3 is 0 Å². The molecule has 0 saturated carbocycles. The Morgan fingerprint density at radius 1 is 1.29 bits per heavy atom. The van der Waals surface area contributed by atoms with Gasteiger partial charge in [-0.25, -0.2) is 0 Å². The SMILES string of the molecule is CC[NH+]1CC[NH+](CC[C@H]2Oc3cc([N+](=O)[O-])ccc3NC2=O)CC1. The third kappa shape index (κ3) is 3.65. The zero-order valence-corrected chi connectivity index (χ0v) is 13.8. The molecule has 1 amide bonds. The third-order valence-electron chi connectivity index (χ3n) is 4.92. The molecule has 2 heterocycles. The minimum Gasteiger partial charge on any atom is -0.478 e. The molecule has 1 aromatic rings. The summed E-state index contributed by atoms with van der Waals surface area (Å²) in [7, 11) is 0. The van der Waals surface area contributed by atoms with Crippen LogP contribution < -0.4 is 19.9 Å². The van der Waals surface area contributed by atoms with Crippen LogP contribution in [0.15, 0.2) is 18.2 Å². The lowest BCUT2D eigenvalue weighted by atomic mass is 10.1. The molecule has 0 radical (unpaired) electrons. The van der Waals surface area contributed by atoms with Crippen LogP contribution in [0.25, 0.3) is 0 Å². The van der Waals surface area contributed by atoms with Gasteiger partial charge in [0, 0.05) is 12.5 Å². The maximum atomic E-state index is 12.2. The summed E-state index contributed by atoms with van der Waals surface area (Å²) in [4.78, 5) is 25.7. The molecule has 1 fully saturated rings. The van der Waals surface area contributed by atoms with Crippen molar-refractivity contribution in [3.05, 3.63) is 28.3 Å². The lowest BCUT2D eigenvalue weighted by Gasteiger charge is -2.31. The zero-order chi connectivity index (χ0) is 17.1. The highest BCUT2D eigenvalue weighted by molar-refractivity contribution is 5.97. The first-order chi connectivity index (χ1) is 11.6. The fraction of sp³-hybridized carbons (Fsp3) is 0.562. The van der Waals surface area contributed by atoms with Crippen molar-refractivity contribution < 1.29 is 24.3 Å². The molecule has 3 rings (SSSR count). The van der Waals surface area contributed by atoms with E-state index in [-0.39, 0.29) is 11.6 Å². The van der Waals surface area contributed by atoms with Crippen LogP contribution in [0.2, 0.25) is 0 Å². The predicted octanol–water partition coefficient (Wildman–Crippen LogP) is -1.51. The van der Waals surface area contributed by atoms with Gasteiger partial charge in [0.2, 0.25) is 0 Å². The van der Waals surface area contributed by atoms with E-state index in [1.165, 1.54) is 36.2 Å². The molecular weight excluding hydrogens is 312 g/mol. The Balaban J connectivity index is 1.58. The number of benzene rings is 1. The van der Waals surface area contributed by atoms with Crippen LogP contribution in [-0.2, 0) is 4.79 Å². The van der Waals surface area contributed by atoms with Gasteiger partial charge in [0.1, 0.15) is 26.2 Å². The summed E-state index contributed by atoms with van der Waals surface area (Å²) in [6.45, 7) is 8.80. The van der Waals surface area contributed by atoms with E-state index >= 15 is 0 Å². The molecule has 0 unspecified atom stereocenters. The van der Waals surface area contributed by atoms with Gasteiger partial charge in [-0.15, -0.1) is 0 Å². The first-order valence-electron chi connectivity index (χ1n) is 8.50. The Morgan fingerprint density at radius 3 is 2.67 bits per heavy atom. The first kappa shape index (κ1) is 16.7. The summed E-state index contributed by atoms with van der Waals surface area (Å²) in [5, 5.41) is 13.7. The molecular formula is C16H24N4O4+2. The fourth-order valence-electron chi connectivity index (χ4n) is 3.33. The van der Waals surface area contributed by atoms with Crippen LogP contribution in [0.1, 0.15) is 13.3 Å². The van der Waals surface area contributed by atoms with Gasteiger partial charge in [0.25, 0.3) is 11.6 Å². The minimum absolute atomic E-state index is 0.0343. The molecule has 130 valence electrons. The number of likely N-dealkylation sites (N-methyl/N-ethyl adjacent to an activating group) is 1. The van der Waals surface area contributed by atoms with Crippen molar-refractivity contribution in [2.45, 2.75) is 19.4 Å². The number of hydrogen-bond donors (Lipinski definition) is 3. The van der Waals surface area contributed by atoms with E-state index < -0.39 is 11.0 Å². The minimum atomic E-state index is -0.580. The van der Waals surface area contributed by atoms with E-state index in [1.807, 2.05) is 0 Å². The average Bonchev–Trinajstić information content (AvgIpc) is 2.60. The molecule has 3 N–H and O–H groups in total. The summed E-state index contributed by atoms with van der Waals surface area (Å²) in [5.41, 5.74) is 0.460. The van der Waals surface area contributed by atoms with Crippen LogP contribution in [0.4, 0.5) is 11.4 Å². The number of rotatable bonds is 5. The topological polar surface area (TPSA) is 90.3 Å². The molecule has 24 heavy (non-hydrogen) atoms. The van der Waals surface area contributed by atoms with E-state index in [9.17, 15) is 14.9 Å². The molecule has 1 atom stereocenters. The smallest absolute Gasteiger partial charge is 0.273 e. The molecule has 0 spiro atoms. The van der Waals surface area contributed by atoms with Gasteiger partial charge in [0.15, 0.2) is 11.9 Å². The van der Waals surface area contributed by atoms with Crippen molar-refractivity contribution in [3.63, 3.8) is 0 Å². The van der Waals surface area contributed by atoms with Gasteiger partial charge in [-0.05, 0) is 13.0 Å². The molecule has 1 saturated heterocycles. The van der Waals surface area contributed by atoms with Crippen LogP contribution in [0, 0.1) is 10.1 Å². The second-order valence-electron chi connectivity index (χ2n) is 6.43. The van der Waals surface area contributed by atoms with Crippen molar-refractivity contribution in [1.82, 2.24) is 0 Å². The number of ether oxygens (including phenoxy) is 1. The Hall–Kier alpha value is -2.19. The second kappa shape index (κ2) is 7.14. The number of nitrogens with zero attached hydrogens (tertiary/aromatic N) is 1. The molecule has 0 aliphatic carbocycles. The molecule has 2 aliphatic heterocycles. The lowest BCUT2D eigenvalue weighted by molar-refractivity contribution is -1.01. The Kier molecular flexibility index (Phi) is 4.96. The number of amides is 1. The van der Waals surface area contributed by atoms with E-state index in [1.54, 1.807) is 4.90 Å². The molecule has 0 aromatic heterocycles. The number of carbonyl (C=O) groups excluding carboxylic acids is 1. The number of carbonyl (C=O) groups is 1. The van der Waals surface area contributed by atoms with Gasteiger partial charge < -0.3 is 19.9 Å². The van der Waals surface area contributed by atoms with Crippen molar-refractivity contribution >= 4 is 17.3 Å². The highest BCUT2D eigenvalue weighted by Crippen LogP contribution is 2.33. The summed E-state index contributed by atoms with van der Waals surface area (Å²) in [6, 6.07) is 4.25. The number of non-ortho nitro benzene ring substituents is 1. The number of fused-ring (bicyclic) bond motifs is 1. The Bertz CT molecular complexity index is 629. The highest BCUT2D eigenvalue weighted by Gasteiger charge is 2.31. The number of piperazine rings is 1. The number of quaternary nitrogens is 2. The fourth-order valence-corrected chi connectivity index (χ4v) is 3.33. The van der Waals surface area contributed by atoms with Crippen molar-refractivity contribution in [2.24, 2.45) is 0 Å². The van der Waals surface area contributed by atoms with Crippen LogP contribution in [-0.4, -0.2) is 56.2 Å². The van der Waals surface area contributed by atoms with E-state index in [2.05, 4.69) is 12.2 Å². The third-order valence-corrected chi connectivity index (χ3v) is 4.92. The maximum absolute atomic E-state index is 12.2. The number of nitro groups is 1. The van der Waals surface area contributed by atoms with Gasteiger partial charge in [-0.2, -0.15) is 0 Å². The highest BCUT2D eigenvalue weighted by atomic mass is 16.6. The van der Waals surface area contributed by atoms with Crippen molar-refractivity contribution in [3.8, 4) is 5.75 Å². The predicted molar refractivity (Wildman–Crippen MR) is 87.6 cm³/mol. The molecule has 8 nitrogen and oxygen atoms in total. The quantitative estimate of drug-likeness (QED) is 0.450. The first-order valence-corrected chi connectivity index (χ1v) is 8.50. The summed E-state index contributed by atoms with van der Waals surface area (Å²) >= 11 is 0. The van der Waals surface area contributed by atoms with E-state index in [4.69, 9.17) is 4.74 Å². The van der Waals surface area contributed by atoms with Crippen molar-refractivity contribution in [1.29, 1.82) is 0 Å². The normalized spacial score (nSPS) is 26.2. The average molecular weight is 336 g/mol. The maximum Gasteiger partial charge on any atom is 0.273 e. The Labute approximate surface area is 140 Å². The van der Waals surface area contributed by atoms with E-state index in [0.29, 0.717) is 17.9 Å². The molecule has 1 aromatic carbocycles. The monoisotopic (exact) mass is 336 g/mol. The summed E-state index contributed by atoms with van der Waals surface area (Å²) < 4.78 is 5.73. The Morgan fingerprint density at radius 2 is 2.00 bits per heavy atom. The molecule has 8 heteroatoms. The number of nitrogens with one attached hydrogen (secondary N) is 3. The van der Waals surface area contributed by atoms with Crippen LogP contribution >= 0.6 is 0 Å². The molecule has 0 bridgehead atoms. The van der Waals surface area contributed by atoms with Crippen molar-refractivity contribution in [2.75, 3.05) is 44.6 Å². The summed E-state index contributed by atoms with van der Waals surface area (Å²) in [5.74, 6) is 0.206. The van der Waals surface area contributed by atoms with Gasteiger partial charge in [-0.3, -0.25) is 14.9 Å². The largest absolute Gasteiger partial charge is 0.478 e. The number of nitro benzene ring substituents is 1. The molecule has 2 aliphatic rings. The van der Waals surface area contributed by atoms with Gasteiger partial charge in [0.05, 0.1) is 29.8 Å². The van der Waals surface area contributed by atoms with Gasteiger partial charge in [-0.1, -0.05) is 0 Å². The van der Waals surface area contributed by atoms with Crippen LogP contribution in [0.5, 0.6) is 5.75 Å². The summed E-state index contributed by atoms with van der Waals surface area (Å²) in [6.07, 6.45) is 0.0358. The lowest BCUT2D eigenvalue weighted by Crippen LogP contribution is -3.28. The standard InChI is InChI=1S/C16H22N4O4/c1-2-18-7-9-19(10-8-18)6-5-14-16(21)17-13-4-3-12(20(22)23)11-15(13)24-14/h3-4,11,14H,2,5-10H2,1H3,(H,17,21)/p+2/t14-/m1/s1. The number of anilines is 1. The number of hydrogen-bond acceptors (Lipinski definition) is 4. The zero-order valence-electron chi connectivity index (χ0n) is 13.8. The van der Waals surface area contributed by atoms with Crippen LogP contribution in [0.3, 0.4) is 0 Å². The van der Waals surface area contributed by atoms with E-state index in [0.717, 1.165) is 26.2 Å². The second-order valence-corrected chi connectivity index (χ2v) is 6.43.